The Hall–Kier alpha value is -1.01. The van der Waals surface area contributed by atoms with Crippen molar-refractivity contribution in [2.45, 2.75) is 31.1 Å². The lowest BCUT2D eigenvalue weighted by molar-refractivity contribution is -0.132. The maximum absolute atomic E-state index is 12.2. The van der Waals surface area contributed by atoms with Crippen LogP contribution in [-0.4, -0.2) is 31.3 Å². The molecule has 0 aliphatic carbocycles. The number of nitrogens with two attached hydrogens (primary N) is 1. The van der Waals surface area contributed by atoms with Gasteiger partial charge >= 0.3 is 0 Å². The monoisotopic (exact) mass is 330 g/mol. The highest BCUT2D eigenvalue weighted by Gasteiger charge is 2.34. The molecule has 0 saturated carbocycles. The summed E-state index contributed by atoms with van der Waals surface area (Å²) in [6.07, 6.45) is 1.04. The zero-order valence-electron chi connectivity index (χ0n) is 11.3. The van der Waals surface area contributed by atoms with Gasteiger partial charge in [0.2, 0.25) is 5.91 Å². The van der Waals surface area contributed by atoms with Crippen molar-refractivity contribution >= 4 is 29.1 Å². The molecule has 2 heterocycles. The fraction of sp³-hybridized carbons (Fsp3) is 0.500. The summed E-state index contributed by atoms with van der Waals surface area (Å²) >= 11 is 12.0. The van der Waals surface area contributed by atoms with Crippen molar-refractivity contribution in [3.05, 3.63) is 27.7 Å². The smallest absolute Gasteiger partial charge is 0.249 e. The van der Waals surface area contributed by atoms with E-state index in [1.165, 1.54) is 0 Å². The third-order valence-corrected chi connectivity index (χ3v) is 4.62. The van der Waals surface area contributed by atoms with Gasteiger partial charge in [0.05, 0.1) is 17.2 Å². The number of nitrogens with one attached hydrogen (secondary N) is 1. The molecule has 114 valence electrons. The first kappa shape index (κ1) is 14.9. The number of benzene rings is 1. The van der Waals surface area contributed by atoms with Crippen LogP contribution in [0.4, 0.5) is 0 Å². The van der Waals surface area contributed by atoms with Crippen LogP contribution in [0.1, 0.15) is 24.4 Å². The maximum Gasteiger partial charge on any atom is 0.249 e. The molecule has 3 N–H and O–H groups in total. The van der Waals surface area contributed by atoms with Crippen molar-refractivity contribution in [3.63, 3.8) is 0 Å². The highest BCUT2D eigenvalue weighted by atomic mass is 35.5. The number of hydrogen-bond donors (Lipinski definition) is 2. The van der Waals surface area contributed by atoms with E-state index in [9.17, 15) is 4.79 Å². The number of fused-ring (bicyclic) bond motifs is 1. The summed E-state index contributed by atoms with van der Waals surface area (Å²) in [6, 6.07) is 3.29. The number of carbonyl (C=O) groups is 1. The Morgan fingerprint density at radius 1 is 1.38 bits per heavy atom. The van der Waals surface area contributed by atoms with Gasteiger partial charge in [-0.15, -0.1) is 0 Å². The Balaban J connectivity index is 1.68. The summed E-state index contributed by atoms with van der Waals surface area (Å²) in [5.74, 6) is 0.403. The summed E-state index contributed by atoms with van der Waals surface area (Å²) in [6.45, 7) is 0.779. The second-order valence-electron chi connectivity index (χ2n) is 5.21. The van der Waals surface area contributed by atoms with E-state index in [2.05, 4.69) is 5.32 Å². The molecule has 5 nitrogen and oxygen atoms in total. The van der Waals surface area contributed by atoms with Crippen molar-refractivity contribution in [1.82, 2.24) is 5.32 Å². The van der Waals surface area contributed by atoms with Gasteiger partial charge in [0.25, 0.3) is 0 Å². The van der Waals surface area contributed by atoms with E-state index in [1.54, 1.807) is 6.07 Å². The molecule has 3 atom stereocenters. The summed E-state index contributed by atoms with van der Waals surface area (Å²) in [4.78, 5) is 12.2. The zero-order valence-corrected chi connectivity index (χ0v) is 12.8. The predicted octanol–water partition coefficient (Wildman–Crippen LogP) is 2.05. The highest BCUT2D eigenvalue weighted by molar-refractivity contribution is 6.43. The van der Waals surface area contributed by atoms with E-state index in [0.717, 1.165) is 12.0 Å². The van der Waals surface area contributed by atoms with Crippen molar-refractivity contribution in [3.8, 4) is 5.75 Å². The van der Waals surface area contributed by atoms with E-state index in [0.29, 0.717) is 35.4 Å². The van der Waals surface area contributed by atoms with E-state index in [1.807, 2.05) is 6.07 Å². The highest BCUT2D eigenvalue weighted by Crippen LogP contribution is 2.42. The van der Waals surface area contributed by atoms with Crippen LogP contribution in [0.25, 0.3) is 0 Å². The number of carbonyl (C=O) groups excluding carboxylic acids is 1. The van der Waals surface area contributed by atoms with Crippen LogP contribution in [0.3, 0.4) is 0 Å². The van der Waals surface area contributed by atoms with Gasteiger partial charge in [-0.25, -0.2) is 0 Å². The fourth-order valence-corrected chi connectivity index (χ4v) is 3.06. The van der Waals surface area contributed by atoms with Crippen molar-refractivity contribution in [1.29, 1.82) is 0 Å². The average molecular weight is 331 g/mol. The van der Waals surface area contributed by atoms with E-state index < -0.39 is 6.10 Å². The molecular formula is C14H16Cl2N2O3. The maximum atomic E-state index is 12.2. The lowest BCUT2D eigenvalue weighted by atomic mass is 10.1. The Morgan fingerprint density at radius 2 is 2.19 bits per heavy atom. The summed E-state index contributed by atoms with van der Waals surface area (Å²) in [5.41, 5.74) is 6.39. The molecule has 2 aliphatic heterocycles. The summed E-state index contributed by atoms with van der Waals surface area (Å²) < 4.78 is 11.1. The summed E-state index contributed by atoms with van der Waals surface area (Å²) in [7, 11) is 0. The van der Waals surface area contributed by atoms with E-state index in [4.69, 9.17) is 38.4 Å². The van der Waals surface area contributed by atoms with Crippen molar-refractivity contribution < 1.29 is 14.3 Å². The molecule has 7 heteroatoms. The van der Waals surface area contributed by atoms with Crippen LogP contribution in [0, 0.1) is 0 Å². The van der Waals surface area contributed by atoms with Gasteiger partial charge in [0.15, 0.2) is 0 Å². The van der Waals surface area contributed by atoms with Crippen LogP contribution in [-0.2, 0) is 9.53 Å². The number of ether oxygens (including phenoxy) is 2. The average Bonchev–Trinajstić information content (AvgIpc) is 3.10. The van der Waals surface area contributed by atoms with Crippen LogP contribution in [0.5, 0.6) is 5.75 Å². The minimum absolute atomic E-state index is 0.0267. The number of hydrogen-bond acceptors (Lipinski definition) is 4. The Morgan fingerprint density at radius 3 is 2.90 bits per heavy atom. The standard InChI is InChI=1S/C14H16Cl2N2O3/c15-9-3-2-8-10(6-20-13(8)12(9)16)18-14(19)11-4-1-7(5-17)21-11/h2-3,7,10-11H,1,4-6,17H2,(H,18,19)/t7-,10?,11+/m1/s1. The Kier molecular flexibility index (Phi) is 4.26. The SMILES string of the molecule is NC[C@H]1CC[C@@H](C(=O)NC2COc3c2ccc(Cl)c3Cl)O1. The van der Waals surface area contributed by atoms with Crippen LogP contribution in [0.2, 0.25) is 10.0 Å². The first-order valence-corrected chi connectivity index (χ1v) is 7.62. The Bertz CT molecular complexity index is 567. The second-order valence-corrected chi connectivity index (χ2v) is 6.00. The molecule has 1 saturated heterocycles. The molecule has 0 aromatic heterocycles. The number of halogens is 2. The van der Waals surface area contributed by atoms with Crippen LogP contribution >= 0.6 is 23.2 Å². The minimum Gasteiger partial charge on any atom is -0.489 e. The largest absolute Gasteiger partial charge is 0.489 e. The minimum atomic E-state index is -0.439. The van der Waals surface area contributed by atoms with Gasteiger partial charge in [-0.2, -0.15) is 0 Å². The number of rotatable bonds is 3. The van der Waals surface area contributed by atoms with E-state index in [-0.39, 0.29) is 18.1 Å². The molecule has 0 bridgehead atoms. The molecule has 2 aliphatic rings. The predicted molar refractivity (Wildman–Crippen MR) is 79.8 cm³/mol. The van der Waals surface area contributed by atoms with Crippen LogP contribution in [0.15, 0.2) is 12.1 Å². The molecular weight excluding hydrogens is 315 g/mol. The fourth-order valence-electron chi connectivity index (χ4n) is 2.68. The zero-order chi connectivity index (χ0) is 15.0. The molecule has 1 aromatic carbocycles. The first-order valence-electron chi connectivity index (χ1n) is 6.86. The second kappa shape index (κ2) is 6.01. The molecule has 1 fully saturated rings. The lowest BCUT2D eigenvalue weighted by Gasteiger charge is -2.16. The number of amides is 1. The summed E-state index contributed by atoms with van der Waals surface area (Å²) in [5, 5.41) is 3.75. The molecule has 0 radical (unpaired) electrons. The van der Waals surface area contributed by atoms with Gasteiger partial charge in [0, 0.05) is 12.1 Å². The molecule has 1 unspecified atom stereocenters. The van der Waals surface area contributed by atoms with Gasteiger partial charge in [-0.1, -0.05) is 29.3 Å². The lowest BCUT2D eigenvalue weighted by Crippen LogP contribution is -2.38. The molecule has 1 aromatic rings. The third kappa shape index (κ3) is 2.83. The van der Waals surface area contributed by atoms with Gasteiger partial charge in [-0.05, 0) is 18.9 Å². The van der Waals surface area contributed by atoms with Gasteiger partial charge in [0.1, 0.15) is 23.5 Å². The molecule has 21 heavy (non-hydrogen) atoms. The van der Waals surface area contributed by atoms with Crippen LogP contribution < -0.4 is 15.8 Å². The van der Waals surface area contributed by atoms with Crippen molar-refractivity contribution in [2.24, 2.45) is 5.73 Å². The van der Waals surface area contributed by atoms with Gasteiger partial charge < -0.3 is 20.5 Å². The topological polar surface area (TPSA) is 73.6 Å². The van der Waals surface area contributed by atoms with E-state index >= 15 is 0 Å². The normalized spacial score (nSPS) is 27.3. The molecule has 3 rings (SSSR count). The quantitative estimate of drug-likeness (QED) is 0.889. The third-order valence-electron chi connectivity index (χ3n) is 3.83. The van der Waals surface area contributed by atoms with Gasteiger partial charge in [-0.3, -0.25) is 4.79 Å². The molecule has 0 spiro atoms. The first-order chi connectivity index (χ1) is 10.1. The molecule has 1 amide bonds. The Labute approximate surface area is 132 Å². The van der Waals surface area contributed by atoms with Crippen molar-refractivity contribution in [2.75, 3.05) is 13.2 Å².